The van der Waals surface area contributed by atoms with Crippen molar-refractivity contribution < 1.29 is 0 Å². The van der Waals surface area contributed by atoms with Crippen molar-refractivity contribution in [2.45, 2.75) is 39.5 Å². The zero-order valence-electron chi connectivity index (χ0n) is 17.3. The number of rotatable bonds is 4. The fraction of sp³-hybridized carbons (Fsp3) is 0.231. The minimum atomic E-state index is 0.286. The number of imidazole rings is 1. The van der Waals surface area contributed by atoms with Gasteiger partial charge in [0.05, 0.1) is 23.3 Å². The van der Waals surface area contributed by atoms with E-state index in [4.69, 9.17) is 11.6 Å². The predicted molar refractivity (Wildman–Crippen MR) is 121 cm³/mol. The fourth-order valence-corrected chi connectivity index (χ4v) is 3.90. The summed E-state index contributed by atoms with van der Waals surface area (Å²) in [6, 6.07) is 22.7. The van der Waals surface area contributed by atoms with Crippen LogP contribution in [0.5, 0.6) is 0 Å². The monoisotopic (exact) mass is 379 g/mol. The van der Waals surface area contributed by atoms with Gasteiger partial charge in [-0.15, -0.1) is 0 Å². The molecule has 1 aromatic heterocycles. The fourth-order valence-electron chi connectivity index (χ4n) is 3.90. The molecule has 3 nitrogen and oxygen atoms in total. The second-order valence-corrected chi connectivity index (χ2v) is 8.02. The van der Waals surface area contributed by atoms with Gasteiger partial charge >= 0.3 is 0 Å². The number of para-hydroxylation sites is 2. The van der Waals surface area contributed by atoms with Crippen molar-refractivity contribution in [3.63, 3.8) is 0 Å². The van der Waals surface area contributed by atoms with E-state index in [2.05, 4.69) is 67.4 Å². The molecule has 0 aliphatic rings. The third-order valence-electron chi connectivity index (χ3n) is 5.34. The average molecular weight is 380 g/mol. The van der Waals surface area contributed by atoms with Gasteiger partial charge < -0.3 is 0 Å². The lowest BCUT2D eigenvalue weighted by atomic mass is 9.91. The molecule has 29 heavy (non-hydrogen) atoms. The maximum absolute atomic E-state index is 7.58. The summed E-state index contributed by atoms with van der Waals surface area (Å²) in [5.41, 5.74) is 7.38. The Bertz CT molecular complexity index is 1180. The number of benzene rings is 3. The van der Waals surface area contributed by atoms with Gasteiger partial charge in [-0.25, -0.2) is 9.83 Å². The Morgan fingerprint density at radius 1 is 0.828 bits per heavy atom. The summed E-state index contributed by atoms with van der Waals surface area (Å²) >= 11 is 0. The minimum Gasteiger partial charge on any atom is -0.292 e. The molecule has 3 aromatic carbocycles. The van der Waals surface area contributed by atoms with Crippen LogP contribution >= 0.6 is 0 Å². The van der Waals surface area contributed by atoms with Crippen molar-refractivity contribution in [2.24, 2.45) is 0 Å². The van der Waals surface area contributed by atoms with Crippen molar-refractivity contribution in [1.29, 1.82) is 0 Å². The molecule has 144 valence electrons. The molecule has 0 amide bonds. The predicted octanol–water partition coefficient (Wildman–Crippen LogP) is 7.49. The lowest BCUT2D eigenvalue weighted by Crippen LogP contribution is -2.08. The second-order valence-electron chi connectivity index (χ2n) is 8.02. The highest BCUT2D eigenvalue weighted by molar-refractivity contribution is 5.84. The van der Waals surface area contributed by atoms with Crippen LogP contribution in [0.25, 0.3) is 33.0 Å². The van der Waals surface area contributed by atoms with E-state index in [-0.39, 0.29) is 11.8 Å². The summed E-state index contributed by atoms with van der Waals surface area (Å²) in [5, 5.41) is 0. The zero-order valence-corrected chi connectivity index (χ0v) is 17.3. The lowest BCUT2D eigenvalue weighted by molar-refractivity contribution is 0.812. The molecule has 0 fully saturated rings. The van der Waals surface area contributed by atoms with Gasteiger partial charge in [0.1, 0.15) is 5.82 Å². The van der Waals surface area contributed by atoms with Crippen LogP contribution in [0.1, 0.15) is 50.7 Å². The smallest absolute Gasteiger partial charge is 0.187 e. The highest BCUT2D eigenvalue weighted by Crippen LogP contribution is 2.39. The normalized spacial score (nSPS) is 11.3. The minimum absolute atomic E-state index is 0.286. The van der Waals surface area contributed by atoms with Crippen LogP contribution in [0.15, 0.2) is 66.7 Å². The van der Waals surface area contributed by atoms with Gasteiger partial charge in [0.15, 0.2) is 5.69 Å². The Kier molecular flexibility index (Phi) is 4.94. The Hall–Kier alpha value is -3.38. The van der Waals surface area contributed by atoms with E-state index in [9.17, 15) is 0 Å². The quantitative estimate of drug-likeness (QED) is 0.337. The molecule has 4 rings (SSSR count). The van der Waals surface area contributed by atoms with Gasteiger partial charge in [-0.1, -0.05) is 82.3 Å². The molecule has 0 bridgehead atoms. The Balaban J connectivity index is 2.17. The van der Waals surface area contributed by atoms with E-state index in [1.165, 1.54) is 11.1 Å². The number of hydrogen-bond donors (Lipinski definition) is 0. The molecule has 4 aromatic rings. The topological polar surface area (TPSA) is 22.2 Å². The molecule has 0 radical (unpaired) electrons. The van der Waals surface area contributed by atoms with Crippen LogP contribution in [0, 0.1) is 6.57 Å². The molecule has 0 unspecified atom stereocenters. The maximum atomic E-state index is 7.58. The molecule has 0 atom stereocenters. The van der Waals surface area contributed by atoms with Crippen molar-refractivity contribution in [1.82, 2.24) is 9.55 Å². The van der Waals surface area contributed by atoms with E-state index in [0.717, 1.165) is 28.1 Å². The average Bonchev–Trinajstić information content (AvgIpc) is 3.12. The van der Waals surface area contributed by atoms with Gasteiger partial charge in [-0.2, -0.15) is 0 Å². The van der Waals surface area contributed by atoms with E-state index >= 15 is 0 Å². The summed E-state index contributed by atoms with van der Waals surface area (Å²) < 4.78 is 2.29. The molecule has 0 spiro atoms. The number of fused-ring (bicyclic) bond motifs is 1. The first-order valence-corrected chi connectivity index (χ1v) is 10.1. The van der Waals surface area contributed by atoms with Crippen LogP contribution in [0.2, 0.25) is 0 Å². The lowest BCUT2D eigenvalue weighted by Gasteiger charge is -2.23. The Morgan fingerprint density at radius 2 is 1.41 bits per heavy atom. The molecule has 1 heterocycles. The molecule has 0 saturated heterocycles. The van der Waals surface area contributed by atoms with E-state index in [1.54, 1.807) is 0 Å². The van der Waals surface area contributed by atoms with E-state index in [1.807, 2.05) is 36.4 Å². The number of aromatic nitrogens is 2. The van der Waals surface area contributed by atoms with Gasteiger partial charge in [-0.3, -0.25) is 4.57 Å². The SMILES string of the molecule is [C-]#[N+]c1cc(C(C)C)c(-n2c(-c3ccccc3)nc3ccccc32)c(C(C)C)c1. The standard InChI is InChI=1S/C26H25N3/c1-17(2)21-15-20(27-5)16-22(18(3)4)25(21)29-24-14-10-9-13-23(24)28-26(29)19-11-7-6-8-12-19/h6-18H,1-4H3. The molecule has 0 saturated carbocycles. The maximum Gasteiger partial charge on any atom is 0.187 e. The molecule has 0 N–H and O–H groups in total. The van der Waals surface area contributed by atoms with Gasteiger partial charge in [0.2, 0.25) is 0 Å². The summed E-state index contributed by atoms with van der Waals surface area (Å²) in [6.45, 7) is 16.3. The second kappa shape index (κ2) is 7.56. The summed E-state index contributed by atoms with van der Waals surface area (Å²) in [7, 11) is 0. The zero-order chi connectivity index (χ0) is 20.5. The van der Waals surface area contributed by atoms with E-state index < -0.39 is 0 Å². The van der Waals surface area contributed by atoms with E-state index in [0.29, 0.717) is 5.69 Å². The largest absolute Gasteiger partial charge is 0.292 e. The van der Waals surface area contributed by atoms with Crippen LogP contribution in [-0.4, -0.2) is 9.55 Å². The molecule has 0 aliphatic carbocycles. The van der Waals surface area contributed by atoms with Crippen molar-refractivity contribution in [2.75, 3.05) is 0 Å². The summed E-state index contributed by atoms with van der Waals surface area (Å²) in [5.74, 6) is 1.51. The molecule has 0 aliphatic heterocycles. The van der Waals surface area contributed by atoms with Crippen LogP contribution in [-0.2, 0) is 0 Å². The molecule has 3 heteroatoms. The third kappa shape index (κ3) is 3.32. The van der Waals surface area contributed by atoms with Crippen LogP contribution in [0.4, 0.5) is 5.69 Å². The summed E-state index contributed by atoms with van der Waals surface area (Å²) in [6.07, 6.45) is 0. The first kappa shape index (κ1) is 19.0. The number of hydrogen-bond acceptors (Lipinski definition) is 1. The van der Waals surface area contributed by atoms with Crippen LogP contribution in [0.3, 0.4) is 0 Å². The van der Waals surface area contributed by atoms with Crippen molar-refractivity contribution in [3.8, 4) is 17.1 Å². The Morgan fingerprint density at radius 3 is 2.00 bits per heavy atom. The highest BCUT2D eigenvalue weighted by atomic mass is 15.1. The first-order valence-electron chi connectivity index (χ1n) is 10.1. The molecular weight excluding hydrogens is 354 g/mol. The van der Waals surface area contributed by atoms with Crippen molar-refractivity contribution >= 4 is 16.7 Å². The Labute approximate surface area is 172 Å². The van der Waals surface area contributed by atoms with Gasteiger partial charge in [0, 0.05) is 5.56 Å². The van der Waals surface area contributed by atoms with Gasteiger partial charge in [-0.05, 0) is 35.1 Å². The summed E-state index contributed by atoms with van der Waals surface area (Å²) in [4.78, 5) is 8.75. The van der Waals surface area contributed by atoms with Crippen LogP contribution < -0.4 is 0 Å². The highest BCUT2D eigenvalue weighted by Gasteiger charge is 2.22. The number of nitrogens with zero attached hydrogens (tertiary/aromatic N) is 3. The van der Waals surface area contributed by atoms with Crippen molar-refractivity contribution in [3.05, 3.63) is 89.3 Å². The molecular formula is C26H25N3. The first-order chi connectivity index (χ1) is 14.0. The van der Waals surface area contributed by atoms with Gasteiger partial charge in [0.25, 0.3) is 0 Å². The third-order valence-corrected chi connectivity index (χ3v) is 5.34.